The number of aliphatic carboxylic acids is 1. The summed E-state index contributed by atoms with van der Waals surface area (Å²) in [6.45, 7) is 2.69. The van der Waals surface area contributed by atoms with Gasteiger partial charge in [0.15, 0.2) is 0 Å². The summed E-state index contributed by atoms with van der Waals surface area (Å²) in [5.74, 6) is -0.915. The standard InChI is InChI=1S/C10H18N2O5/c1-7-3-11(5-9(13)14)8(6-17-2)4-12(7)10(15)16/h7-8H,3-6H2,1-2H3,(H,13,14)(H,15,16)/t7-,8-/m1/s1. The summed E-state index contributed by atoms with van der Waals surface area (Å²) >= 11 is 0. The van der Waals surface area contributed by atoms with E-state index in [1.54, 1.807) is 11.8 Å². The van der Waals surface area contributed by atoms with Crippen molar-refractivity contribution in [2.24, 2.45) is 0 Å². The zero-order valence-electron chi connectivity index (χ0n) is 10.00. The van der Waals surface area contributed by atoms with Crippen LogP contribution in [0.15, 0.2) is 0 Å². The average molecular weight is 246 g/mol. The van der Waals surface area contributed by atoms with Crippen molar-refractivity contribution in [2.75, 3.05) is 33.4 Å². The summed E-state index contributed by atoms with van der Waals surface area (Å²) in [5.41, 5.74) is 0. The fourth-order valence-corrected chi connectivity index (χ4v) is 2.09. The van der Waals surface area contributed by atoms with Gasteiger partial charge in [0.05, 0.1) is 19.2 Å². The number of methoxy groups -OCH3 is 1. The number of hydrogen-bond acceptors (Lipinski definition) is 4. The zero-order valence-corrected chi connectivity index (χ0v) is 10.00. The monoisotopic (exact) mass is 246 g/mol. The smallest absolute Gasteiger partial charge is 0.407 e. The first kappa shape index (κ1) is 13.7. The highest BCUT2D eigenvalue weighted by Gasteiger charge is 2.34. The van der Waals surface area contributed by atoms with E-state index in [1.165, 1.54) is 12.0 Å². The van der Waals surface area contributed by atoms with Gasteiger partial charge in [0.2, 0.25) is 0 Å². The molecule has 2 N–H and O–H groups in total. The molecule has 0 radical (unpaired) electrons. The number of ether oxygens (including phenoxy) is 1. The Kier molecular flexibility index (Phi) is 4.71. The van der Waals surface area contributed by atoms with Gasteiger partial charge in [0.1, 0.15) is 0 Å². The van der Waals surface area contributed by atoms with Gasteiger partial charge in [-0.05, 0) is 6.92 Å². The first-order chi connectivity index (χ1) is 7.95. The second-order valence-corrected chi connectivity index (χ2v) is 4.22. The molecule has 2 atom stereocenters. The molecule has 1 fully saturated rings. The molecule has 0 aromatic heterocycles. The normalized spacial score (nSPS) is 25.9. The number of hydrogen-bond donors (Lipinski definition) is 2. The lowest BCUT2D eigenvalue weighted by Gasteiger charge is -2.43. The molecule has 1 aliphatic rings. The van der Waals surface area contributed by atoms with E-state index in [9.17, 15) is 9.59 Å². The van der Waals surface area contributed by atoms with Gasteiger partial charge in [0, 0.05) is 26.2 Å². The van der Waals surface area contributed by atoms with Crippen LogP contribution in [0.3, 0.4) is 0 Å². The van der Waals surface area contributed by atoms with Crippen LogP contribution in [-0.2, 0) is 9.53 Å². The molecule has 0 bridgehead atoms. The number of nitrogens with zero attached hydrogens (tertiary/aromatic N) is 2. The van der Waals surface area contributed by atoms with Crippen molar-refractivity contribution in [1.82, 2.24) is 9.80 Å². The largest absolute Gasteiger partial charge is 0.480 e. The number of carbonyl (C=O) groups is 2. The number of amides is 1. The van der Waals surface area contributed by atoms with Gasteiger partial charge in [-0.3, -0.25) is 9.69 Å². The topological polar surface area (TPSA) is 90.3 Å². The lowest BCUT2D eigenvalue weighted by Crippen LogP contribution is -2.60. The predicted octanol–water partition coefficient (Wildman–Crippen LogP) is -0.230. The molecule has 0 aromatic carbocycles. The van der Waals surface area contributed by atoms with Crippen molar-refractivity contribution in [3.63, 3.8) is 0 Å². The molecule has 1 heterocycles. The van der Waals surface area contributed by atoms with Gasteiger partial charge in [-0.25, -0.2) is 4.79 Å². The molecule has 0 saturated carbocycles. The SMILES string of the molecule is COC[C@H]1CN(C(=O)O)[C@H](C)CN1CC(=O)O. The molecule has 17 heavy (non-hydrogen) atoms. The maximum absolute atomic E-state index is 11.0. The molecule has 1 aliphatic heterocycles. The minimum absolute atomic E-state index is 0.0914. The van der Waals surface area contributed by atoms with Crippen LogP contribution < -0.4 is 0 Å². The Morgan fingerprint density at radius 2 is 2.00 bits per heavy atom. The van der Waals surface area contributed by atoms with Crippen LogP contribution in [0.25, 0.3) is 0 Å². The zero-order chi connectivity index (χ0) is 13.0. The maximum atomic E-state index is 11.0. The maximum Gasteiger partial charge on any atom is 0.407 e. The summed E-state index contributed by atoms with van der Waals surface area (Å²) in [6, 6.07) is -0.414. The molecule has 0 unspecified atom stereocenters. The molecular weight excluding hydrogens is 228 g/mol. The van der Waals surface area contributed by atoms with Crippen LogP contribution in [0.2, 0.25) is 0 Å². The van der Waals surface area contributed by atoms with E-state index in [4.69, 9.17) is 14.9 Å². The molecule has 0 aromatic rings. The van der Waals surface area contributed by atoms with E-state index < -0.39 is 12.1 Å². The van der Waals surface area contributed by atoms with Gasteiger partial charge in [-0.2, -0.15) is 0 Å². The Balaban J connectivity index is 2.72. The number of rotatable bonds is 4. The molecule has 0 spiro atoms. The summed E-state index contributed by atoms with van der Waals surface area (Å²) in [5, 5.41) is 17.8. The molecule has 98 valence electrons. The Labute approximate surface area is 99.6 Å². The quantitative estimate of drug-likeness (QED) is 0.712. The summed E-state index contributed by atoms with van der Waals surface area (Å²) in [7, 11) is 1.52. The van der Waals surface area contributed by atoms with E-state index in [1.807, 2.05) is 0 Å². The van der Waals surface area contributed by atoms with Crippen LogP contribution >= 0.6 is 0 Å². The Bertz CT molecular complexity index is 296. The van der Waals surface area contributed by atoms with Crippen molar-refractivity contribution in [3.8, 4) is 0 Å². The first-order valence-corrected chi connectivity index (χ1v) is 5.40. The van der Waals surface area contributed by atoms with Gasteiger partial charge in [0.25, 0.3) is 0 Å². The molecule has 0 aliphatic carbocycles. The fourth-order valence-electron chi connectivity index (χ4n) is 2.09. The van der Waals surface area contributed by atoms with Crippen LogP contribution in [-0.4, -0.2) is 77.5 Å². The molecule has 1 amide bonds. The Hall–Kier alpha value is -1.34. The summed E-state index contributed by atoms with van der Waals surface area (Å²) in [4.78, 5) is 24.8. The number of carboxylic acid groups (broad SMARTS) is 2. The van der Waals surface area contributed by atoms with Crippen molar-refractivity contribution in [3.05, 3.63) is 0 Å². The van der Waals surface area contributed by atoms with E-state index >= 15 is 0 Å². The predicted molar refractivity (Wildman–Crippen MR) is 59.1 cm³/mol. The fraction of sp³-hybridized carbons (Fsp3) is 0.800. The Morgan fingerprint density at radius 1 is 1.35 bits per heavy atom. The van der Waals surface area contributed by atoms with Crippen LogP contribution in [0.1, 0.15) is 6.92 Å². The highest BCUT2D eigenvalue weighted by molar-refractivity contribution is 5.69. The van der Waals surface area contributed by atoms with Crippen molar-refractivity contribution in [2.45, 2.75) is 19.0 Å². The van der Waals surface area contributed by atoms with Gasteiger partial charge < -0.3 is 19.8 Å². The highest BCUT2D eigenvalue weighted by atomic mass is 16.5. The third kappa shape index (κ3) is 3.57. The summed E-state index contributed by atoms with van der Waals surface area (Å²) in [6.07, 6.45) is -0.978. The van der Waals surface area contributed by atoms with E-state index in [0.717, 1.165) is 0 Å². The van der Waals surface area contributed by atoms with E-state index in [0.29, 0.717) is 13.2 Å². The lowest BCUT2D eigenvalue weighted by molar-refractivity contribution is -0.140. The number of piperazine rings is 1. The van der Waals surface area contributed by atoms with Crippen LogP contribution in [0.4, 0.5) is 4.79 Å². The highest BCUT2D eigenvalue weighted by Crippen LogP contribution is 2.15. The minimum atomic E-state index is -0.978. The van der Waals surface area contributed by atoms with Gasteiger partial charge >= 0.3 is 12.1 Å². The second-order valence-electron chi connectivity index (χ2n) is 4.22. The van der Waals surface area contributed by atoms with Crippen molar-refractivity contribution < 1.29 is 24.5 Å². The van der Waals surface area contributed by atoms with Crippen LogP contribution in [0.5, 0.6) is 0 Å². The van der Waals surface area contributed by atoms with Gasteiger partial charge in [-0.1, -0.05) is 0 Å². The third-order valence-corrected chi connectivity index (χ3v) is 2.90. The average Bonchev–Trinajstić information content (AvgIpc) is 2.20. The third-order valence-electron chi connectivity index (χ3n) is 2.90. The number of carboxylic acids is 1. The van der Waals surface area contributed by atoms with E-state index in [-0.39, 0.29) is 25.2 Å². The minimum Gasteiger partial charge on any atom is -0.480 e. The van der Waals surface area contributed by atoms with Crippen LogP contribution in [0, 0.1) is 0 Å². The first-order valence-electron chi connectivity index (χ1n) is 5.40. The van der Waals surface area contributed by atoms with E-state index in [2.05, 4.69) is 0 Å². The molecular formula is C10H18N2O5. The van der Waals surface area contributed by atoms with Crippen molar-refractivity contribution >= 4 is 12.1 Å². The second kappa shape index (κ2) is 5.83. The van der Waals surface area contributed by atoms with Crippen molar-refractivity contribution in [1.29, 1.82) is 0 Å². The lowest BCUT2D eigenvalue weighted by atomic mass is 10.1. The summed E-state index contributed by atoms with van der Waals surface area (Å²) < 4.78 is 5.00. The molecule has 1 rings (SSSR count). The molecule has 1 saturated heterocycles. The van der Waals surface area contributed by atoms with Gasteiger partial charge in [-0.15, -0.1) is 0 Å². The molecule has 7 heteroatoms. The Morgan fingerprint density at radius 3 is 2.47 bits per heavy atom. The molecule has 7 nitrogen and oxygen atoms in total.